The van der Waals surface area contributed by atoms with Crippen molar-refractivity contribution >= 4 is 17.8 Å². The van der Waals surface area contributed by atoms with E-state index in [-0.39, 0.29) is 11.1 Å². The normalized spacial score (nSPS) is 14.6. The molecule has 2 aromatic carbocycles. The number of rotatable bonds is 3. The Hall–Kier alpha value is -2.07. The molecule has 0 saturated heterocycles. The van der Waals surface area contributed by atoms with Crippen molar-refractivity contribution < 1.29 is 9.13 Å². The van der Waals surface area contributed by atoms with Gasteiger partial charge in [-0.3, -0.25) is 4.99 Å². The highest BCUT2D eigenvalue weighted by atomic mass is 35.5. The summed E-state index contributed by atoms with van der Waals surface area (Å²) in [5.74, 6) is 0.399. The number of nitrogens with zero attached hydrogens (tertiary/aromatic N) is 2. The summed E-state index contributed by atoms with van der Waals surface area (Å²) in [5.41, 5.74) is 1.14. The number of ether oxygens (including phenoxy) is 1. The summed E-state index contributed by atoms with van der Waals surface area (Å²) in [7, 11) is 1.65. The van der Waals surface area contributed by atoms with Gasteiger partial charge in [0.2, 0.25) is 0 Å². The van der Waals surface area contributed by atoms with E-state index in [1.54, 1.807) is 13.2 Å². The fraction of sp³-hybridized carbons (Fsp3) is 0.235. The number of hydrogen-bond acceptors (Lipinski definition) is 3. The Kier molecular flexibility index (Phi) is 4.03. The lowest BCUT2D eigenvalue weighted by molar-refractivity contribution is 0.330. The fourth-order valence-corrected chi connectivity index (χ4v) is 2.64. The molecule has 3 rings (SSSR count). The second-order valence-electron chi connectivity index (χ2n) is 5.22. The smallest absolute Gasteiger partial charge is 0.142 e. The van der Waals surface area contributed by atoms with E-state index in [1.807, 2.05) is 30.5 Å². The third kappa shape index (κ3) is 2.79. The second kappa shape index (κ2) is 5.97. The Labute approximate surface area is 133 Å². The topological polar surface area (TPSA) is 24.8 Å². The van der Waals surface area contributed by atoms with Crippen molar-refractivity contribution in [2.24, 2.45) is 4.99 Å². The van der Waals surface area contributed by atoms with Crippen molar-refractivity contribution in [2.75, 3.05) is 13.8 Å². The lowest BCUT2D eigenvalue weighted by atomic mass is 10.1. The predicted octanol–water partition coefficient (Wildman–Crippen LogP) is 2.88. The van der Waals surface area contributed by atoms with E-state index in [4.69, 9.17) is 16.3 Å². The largest absolute Gasteiger partial charge is 0.497 e. The van der Waals surface area contributed by atoms with Gasteiger partial charge in [0.05, 0.1) is 23.5 Å². The minimum atomic E-state index is -0.425. The maximum absolute atomic E-state index is 13.6. The minimum Gasteiger partial charge on any atom is -0.497 e. The number of halogens is 2. The molecule has 0 aromatic heterocycles. The van der Waals surface area contributed by atoms with Crippen LogP contribution >= 0.6 is 11.6 Å². The van der Waals surface area contributed by atoms with Gasteiger partial charge >= 0.3 is 0 Å². The van der Waals surface area contributed by atoms with Gasteiger partial charge in [-0.2, -0.15) is 0 Å². The van der Waals surface area contributed by atoms with Gasteiger partial charge in [-0.15, -0.1) is 0 Å². The summed E-state index contributed by atoms with van der Waals surface area (Å²) in [6, 6.07) is 11.0. The number of methoxy groups -OCH3 is 1. The molecule has 1 aliphatic heterocycles. The molecular formula is C17H16ClFN2O. The Morgan fingerprint density at radius 3 is 2.68 bits per heavy atom. The molecule has 2 aromatic rings. The van der Waals surface area contributed by atoms with Crippen LogP contribution in [0.4, 0.5) is 4.39 Å². The number of hydrogen-bond donors (Lipinski definition) is 0. The van der Waals surface area contributed by atoms with Gasteiger partial charge in [-0.25, -0.2) is 4.39 Å². The van der Waals surface area contributed by atoms with Crippen LogP contribution in [0.15, 0.2) is 41.4 Å². The van der Waals surface area contributed by atoms with Crippen LogP contribution in [0.1, 0.15) is 18.5 Å². The van der Waals surface area contributed by atoms with Crippen molar-refractivity contribution in [3.8, 4) is 5.75 Å². The minimum absolute atomic E-state index is 0.104. The molecule has 1 aliphatic rings. The zero-order chi connectivity index (χ0) is 15.7. The number of fused-ring (bicyclic) bond motifs is 1. The van der Waals surface area contributed by atoms with Gasteiger partial charge in [0, 0.05) is 11.4 Å². The predicted molar refractivity (Wildman–Crippen MR) is 84.8 cm³/mol. The average molecular weight is 319 g/mol. The van der Waals surface area contributed by atoms with Gasteiger partial charge in [-0.05, 0) is 36.8 Å². The lowest BCUT2D eigenvalue weighted by Gasteiger charge is -2.28. The molecule has 0 aliphatic carbocycles. The molecule has 3 nitrogen and oxygen atoms in total. The zero-order valence-electron chi connectivity index (χ0n) is 12.4. The molecule has 0 radical (unpaired) electrons. The molecule has 0 N–H and O–H groups in total. The van der Waals surface area contributed by atoms with Crippen molar-refractivity contribution in [1.82, 2.24) is 4.90 Å². The van der Waals surface area contributed by atoms with Crippen LogP contribution in [0.5, 0.6) is 5.75 Å². The Balaban J connectivity index is 1.92. The van der Waals surface area contributed by atoms with E-state index in [1.165, 1.54) is 6.07 Å². The quantitative estimate of drug-likeness (QED) is 0.869. The molecule has 1 atom stereocenters. The van der Waals surface area contributed by atoms with Crippen molar-refractivity contribution in [3.05, 3.63) is 63.4 Å². The molecule has 0 spiro atoms. The van der Waals surface area contributed by atoms with Crippen LogP contribution in [-0.2, 0) is 0 Å². The first-order valence-corrected chi connectivity index (χ1v) is 7.37. The van der Waals surface area contributed by atoms with Crippen molar-refractivity contribution in [1.29, 1.82) is 0 Å². The Morgan fingerprint density at radius 2 is 2.00 bits per heavy atom. The van der Waals surface area contributed by atoms with Gasteiger partial charge in [0.15, 0.2) is 0 Å². The molecular weight excluding hydrogens is 303 g/mol. The third-order valence-electron chi connectivity index (χ3n) is 3.87. The third-order valence-corrected chi connectivity index (χ3v) is 4.16. The first kappa shape index (κ1) is 14.9. The van der Waals surface area contributed by atoms with Crippen LogP contribution in [-0.4, -0.2) is 18.7 Å². The van der Waals surface area contributed by atoms with E-state index < -0.39 is 5.82 Å². The number of benzene rings is 2. The highest BCUT2D eigenvalue weighted by Crippen LogP contribution is 2.23. The van der Waals surface area contributed by atoms with E-state index in [0.717, 1.165) is 21.9 Å². The van der Waals surface area contributed by atoms with Crippen LogP contribution in [0.25, 0.3) is 6.20 Å². The maximum Gasteiger partial charge on any atom is 0.142 e. The van der Waals surface area contributed by atoms with Crippen molar-refractivity contribution in [3.63, 3.8) is 0 Å². The molecule has 1 heterocycles. The Bertz CT molecular complexity index is 805. The molecule has 5 heteroatoms. The monoisotopic (exact) mass is 318 g/mol. The van der Waals surface area contributed by atoms with E-state index in [2.05, 4.69) is 16.8 Å². The summed E-state index contributed by atoms with van der Waals surface area (Å²) in [5, 5.41) is 1.57. The fourth-order valence-electron chi connectivity index (χ4n) is 2.48. The highest BCUT2D eigenvalue weighted by Gasteiger charge is 2.15. The maximum atomic E-state index is 13.6. The summed E-state index contributed by atoms with van der Waals surface area (Å²) >= 11 is 5.79. The zero-order valence-corrected chi connectivity index (χ0v) is 13.1. The molecule has 0 saturated carbocycles. The van der Waals surface area contributed by atoms with Gasteiger partial charge in [0.1, 0.15) is 18.2 Å². The van der Waals surface area contributed by atoms with E-state index in [9.17, 15) is 4.39 Å². The summed E-state index contributed by atoms with van der Waals surface area (Å²) in [6.45, 7) is 2.60. The van der Waals surface area contributed by atoms with Gasteiger partial charge in [-0.1, -0.05) is 23.7 Å². The Morgan fingerprint density at radius 1 is 1.27 bits per heavy atom. The lowest BCUT2D eigenvalue weighted by Crippen LogP contribution is -2.37. The van der Waals surface area contributed by atoms with Crippen LogP contribution < -0.4 is 15.3 Å². The molecule has 114 valence electrons. The summed E-state index contributed by atoms with van der Waals surface area (Å²) in [4.78, 5) is 6.54. The highest BCUT2D eigenvalue weighted by molar-refractivity contribution is 6.30. The summed E-state index contributed by atoms with van der Waals surface area (Å²) < 4.78 is 18.8. The van der Waals surface area contributed by atoms with Crippen LogP contribution in [0, 0.1) is 5.82 Å². The SMILES string of the molecule is COc1ccc([C@@H](C)N2C=c3cc(F)c(Cl)cc3=NC2)cc1. The molecule has 0 fully saturated rings. The average Bonchev–Trinajstić information content (AvgIpc) is 2.55. The van der Waals surface area contributed by atoms with E-state index >= 15 is 0 Å². The summed E-state index contributed by atoms with van der Waals surface area (Å²) in [6.07, 6.45) is 1.93. The van der Waals surface area contributed by atoms with Crippen LogP contribution in [0.3, 0.4) is 0 Å². The van der Waals surface area contributed by atoms with Gasteiger partial charge in [0.25, 0.3) is 0 Å². The van der Waals surface area contributed by atoms with E-state index in [0.29, 0.717) is 6.67 Å². The van der Waals surface area contributed by atoms with Crippen LogP contribution in [0.2, 0.25) is 5.02 Å². The molecule has 0 bridgehead atoms. The molecule has 0 unspecified atom stereocenters. The first-order valence-electron chi connectivity index (χ1n) is 6.99. The second-order valence-corrected chi connectivity index (χ2v) is 5.62. The molecule has 22 heavy (non-hydrogen) atoms. The first-order chi connectivity index (χ1) is 10.6. The molecule has 0 amide bonds. The van der Waals surface area contributed by atoms with Gasteiger partial charge < -0.3 is 9.64 Å². The standard InChI is InChI=1S/C17H16ClFN2O/c1-11(12-3-5-14(22-2)6-4-12)21-9-13-7-16(19)15(18)8-17(13)20-10-21/h3-9,11H,10H2,1-2H3/t11-/m1/s1. The van der Waals surface area contributed by atoms with Crippen molar-refractivity contribution in [2.45, 2.75) is 13.0 Å².